The molecule has 0 spiro atoms. The molecule has 0 aromatic carbocycles. The molecule has 0 aliphatic rings. The number of rotatable bonds is 2. The van der Waals surface area contributed by atoms with E-state index in [2.05, 4.69) is 0 Å². The van der Waals surface area contributed by atoms with Gasteiger partial charge in [0.05, 0.1) is 5.60 Å². The van der Waals surface area contributed by atoms with Gasteiger partial charge in [-0.25, -0.2) is 0 Å². The van der Waals surface area contributed by atoms with Crippen LogP contribution in [0, 0.1) is 6.42 Å². The molecule has 0 saturated carbocycles. The summed E-state index contributed by atoms with van der Waals surface area (Å²) in [5.41, 5.74) is -0.505. The van der Waals surface area contributed by atoms with E-state index in [1.54, 1.807) is 13.8 Å². The van der Waals surface area contributed by atoms with Gasteiger partial charge in [0.2, 0.25) is 0 Å². The van der Waals surface area contributed by atoms with E-state index in [4.69, 9.17) is 5.11 Å². The SMILES string of the molecule is C[CH]CC(C)(C)O. The van der Waals surface area contributed by atoms with E-state index in [1.165, 1.54) is 0 Å². The molecule has 0 fully saturated rings. The third-order valence-electron chi connectivity index (χ3n) is 0.704. The maximum absolute atomic E-state index is 8.99. The van der Waals surface area contributed by atoms with Gasteiger partial charge in [-0.3, -0.25) is 0 Å². The first-order valence-corrected chi connectivity index (χ1v) is 2.56. The average molecular weight is 101 g/mol. The minimum Gasteiger partial charge on any atom is -0.390 e. The Morgan fingerprint density at radius 1 is 1.57 bits per heavy atom. The lowest BCUT2D eigenvalue weighted by Crippen LogP contribution is -2.17. The van der Waals surface area contributed by atoms with Crippen LogP contribution in [0.15, 0.2) is 0 Å². The molecule has 0 aromatic rings. The van der Waals surface area contributed by atoms with E-state index < -0.39 is 5.60 Å². The number of hydrogen-bond donors (Lipinski definition) is 1. The molecule has 0 heterocycles. The minimum absolute atomic E-state index is 0.505. The predicted molar refractivity (Wildman–Crippen MR) is 30.9 cm³/mol. The Morgan fingerprint density at radius 3 is 2.00 bits per heavy atom. The van der Waals surface area contributed by atoms with Crippen LogP contribution in [-0.4, -0.2) is 10.7 Å². The van der Waals surface area contributed by atoms with E-state index in [9.17, 15) is 0 Å². The van der Waals surface area contributed by atoms with Gasteiger partial charge in [0.15, 0.2) is 0 Å². The van der Waals surface area contributed by atoms with Gasteiger partial charge in [0, 0.05) is 0 Å². The molecule has 1 nitrogen and oxygen atoms in total. The molecule has 7 heavy (non-hydrogen) atoms. The second kappa shape index (κ2) is 2.31. The summed E-state index contributed by atoms with van der Waals surface area (Å²) in [5.74, 6) is 0. The Labute approximate surface area is 45.4 Å². The summed E-state index contributed by atoms with van der Waals surface area (Å²) >= 11 is 0. The molecule has 1 heteroatoms. The lowest BCUT2D eigenvalue weighted by Gasteiger charge is -2.13. The summed E-state index contributed by atoms with van der Waals surface area (Å²) in [6.45, 7) is 5.54. The van der Waals surface area contributed by atoms with Gasteiger partial charge in [-0.2, -0.15) is 0 Å². The van der Waals surface area contributed by atoms with E-state index in [-0.39, 0.29) is 0 Å². The molecule has 0 bridgehead atoms. The molecule has 0 aliphatic carbocycles. The van der Waals surface area contributed by atoms with Gasteiger partial charge in [-0.1, -0.05) is 6.92 Å². The van der Waals surface area contributed by atoms with Gasteiger partial charge in [0.1, 0.15) is 0 Å². The highest BCUT2D eigenvalue weighted by atomic mass is 16.3. The van der Waals surface area contributed by atoms with Crippen LogP contribution in [0.5, 0.6) is 0 Å². The van der Waals surface area contributed by atoms with Crippen LogP contribution in [0.2, 0.25) is 0 Å². The highest BCUT2D eigenvalue weighted by Gasteiger charge is 2.08. The van der Waals surface area contributed by atoms with E-state index >= 15 is 0 Å². The summed E-state index contributed by atoms with van der Waals surface area (Å²) in [6, 6.07) is 0. The molecule has 0 saturated heterocycles. The van der Waals surface area contributed by atoms with Gasteiger partial charge in [-0.05, 0) is 26.7 Å². The normalized spacial score (nSPS) is 12.0. The third kappa shape index (κ3) is 5.96. The maximum atomic E-state index is 8.99. The highest BCUT2D eigenvalue weighted by molar-refractivity contribution is 4.71. The standard InChI is InChI=1S/C6H13O/c1-4-5-6(2,3)7/h4,7H,5H2,1-3H3. The largest absolute Gasteiger partial charge is 0.390 e. The first-order valence-electron chi connectivity index (χ1n) is 2.56. The van der Waals surface area contributed by atoms with Crippen molar-refractivity contribution in [3.63, 3.8) is 0 Å². The topological polar surface area (TPSA) is 20.2 Å². The Balaban J connectivity index is 3.15. The van der Waals surface area contributed by atoms with Crippen LogP contribution in [0.25, 0.3) is 0 Å². The molecule has 0 aliphatic heterocycles. The van der Waals surface area contributed by atoms with E-state index in [0.717, 1.165) is 6.42 Å². The summed E-state index contributed by atoms with van der Waals surface area (Å²) in [5, 5.41) is 8.99. The lowest BCUT2D eigenvalue weighted by atomic mass is 10.0. The summed E-state index contributed by atoms with van der Waals surface area (Å²) in [4.78, 5) is 0. The molecular weight excluding hydrogens is 88.1 g/mol. The van der Waals surface area contributed by atoms with Crippen molar-refractivity contribution in [1.82, 2.24) is 0 Å². The van der Waals surface area contributed by atoms with Crippen molar-refractivity contribution in [1.29, 1.82) is 0 Å². The molecule has 0 atom stereocenters. The fourth-order valence-corrected chi connectivity index (χ4v) is 0.500. The van der Waals surface area contributed by atoms with Crippen molar-refractivity contribution in [2.45, 2.75) is 32.8 Å². The van der Waals surface area contributed by atoms with Gasteiger partial charge < -0.3 is 5.11 Å². The Hall–Kier alpha value is -0.0400. The fourth-order valence-electron chi connectivity index (χ4n) is 0.500. The van der Waals surface area contributed by atoms with Crippen molar-refractivity contribution >= 4 is 0 Å². The lowest BCUT2D eigenvalue weighted by molar-refractivity contribution is 0.0800. The van der Waals surface area contributed by atoms with E-state index in [1.807, 2.05) is 13.3 Å². The first kappa shape index (κ1) is 6.96. The van der Waals surface area contributed by atoms with Crippen molar-refractivity contribution < 1.29 is 5.11 Å². The van der Waals surface area contributed by atoms with Gasteiger partial charge in [0.25, 0.3) is 0 Å². The van der Waals surface area contributed by atoms with Crippen molar-refractivity contribution in [3.8, 4) is 0 Å². The summed E-state index contributed by atoms with van der Waals surface area (Å²) in [6.07, 6.45) is 2.73. The van der Waals surface area contributed by atoms with Gasteiger partial charge in [-0.15, -0.1) is 0 Å². The molecule has 43 valence electrons. The Bertz CT molecular complexity index is 42.6. The quantitative estimate of drug-likeness (QED) is 0.557. The molecule has 0 aromatic heterocycles. The molecule has 0 unspecified atom stereocenters. The fraction of sp³-hybridized carbons (Fsp3) is 0.833. The highest BCUT2D eigenvalue weighted by Crippen LogP contribution is 2.07. The Morgan fingerprint density at radius 2 is 2.00 bits per heavy atom. The van der Waals surface area contributed by atoms with Crippen LogP contribution >= 0.6 is 0 Å². The van der Waals surface area contributed by atoms with Crippen LogP contribution < -0.4 is 0 Å². The zero-order valence-electron chi connectivity index (χ0n) is 5.23. The zero-order valence-corrected chi connectivity index (χ0v) is 5.23. The molecule has 0 rings (SSSR count). The Kier molecular flexibility index (Phi) is 2.30. The van der Waals surface area contributed by atoms with Crippen molar-refractivity contribution in [2.75, 3.05) is 0 Å². The number of aliphatic hydroxyl groups is 1. The van der Waals surface area contributed by atoms with Crippen molar-refractivity contribution in [2.24, 2.45) is 0 Å². The second-order valence-corrected chi connectivity index (χ2v) is 2.42. The first-order chi connectivity index (χ1) is 3.06. The molecule has 0 amide bonds. The van der Waals surface area contributed by atoms with Crippen LogP contribution in [0.1, 0.15) is 27.2 Å². The van der Waals surface area contributed by atoms with E-state index in [0.29, 0.717) is 0 Å². The second-order valence-electron chi connectivity index (χ2n) is 2.42. The predicted octanol–water partition coefficient (Wildman–Crippen LogP) is 1.37. The number of hydrogen-bond acceptors (Lipinski definition) is 1. The third-order valence-corrected chi connectivity index (χ3v) is 0.704. The minimum atomic E-state index is -0.505. The van der Waals surface area contributed by atoms with Crippen LogP contribution in [0.4, 0.5) is 0 Å². The van der Waals surface area contributed by atoms with Crippen molar-refractivity contribution in [3.05, 3.63) is 6.42 Å². The summed E-state index contributed by atoms with van der Waals surface area (Å²) < 4.78 is 0. The molecule has 1 N–H and O–H groups in total. The van der Waals surface area contributed by atoms with Crippen LogP contribution in [0.3, 0.4) is 0 Å². The maximum Gasteiger partial charge on any atom is 0.0594 e. The smallest absolute Gasteiger partial charge is 0.0594 e. The monoisotopic (exact) mass is 101 g/mol. The average Bonchev–Trinajstić information content (AvgIpc) is 1.30. The zero-order chi connectivity index (χ0) is 5.91. The van der Waals surface area contributed by atoms with Gasteiger partial charge >= 0.3 is 0 Å². The molecular formula is C6H13O. The summed E-state index contributed by atoms with van der Waals surface area (Å²) in [7, 11) is 0. The van der Waals surface area contributed by atoms with Crippen LogP contribution in [-0.2, 0) is 0 Å². The molecule has 1 radical (unpaired) electrons.